The van der Waals surface area contributed by atoms with Gasteiger partial charge >= 0.3 is 0 Å². The lowest BCUT2D eigenvalue weighted by Gasteiger charge is -2.42. The van der Waals surface area contributed by atoms with E-state index in [-0.39, 0.29) is 37.2 Å². The van der Waals surface area contributed by atoms with E-state index in [1.54, 1.807) is 21.9 Å². The van der Waals surface area contributed by atoms with Gasteiger partial charge in [-0.25, -0.2) is 0 Å². The van der Waals surface area contributed by atoms with Crippen molar-refractivity contribution in [2.45, 2.75) is 12.5 Å². The number of rotatable bonds is 2. The van der Waals surface area contributed by atoms with Gasteiger partial charge in [0, 0.05) is 18.1 Å². The van der Waals surface area contributed by atoms with Crippen LogP contribution in [0, 0.1) is 0 Å². The smallest absolute Gasteiger partial charge is 0.245 e. The maximum Gasteiger partial charge on any atom is 0.245 e. The molecule has 0 aliphatic carbocycles. The molecule has 0 unspecified atom stereocenters. The molecule has 6 nitrogen and oxygen atoms in total. The number of hydrogen-bond acceptors (Lipinski definition) is 3. The quantitative estimate of drug-likeness (QED) is 0.837. The number of amides is 3. The van der Waals surface area contributed by atoms with Gasteiger partial charge in [0.05, 0.1) is 19.5 Å². The zero-order valence-corrected chi connectivity index (χ0v) is 12.7. The molecule has 0 bridgehead atoms. The maximum absolute atomic E-state index is 12.4. The van der Waals surface area contributed by atoms with Crippen LogP contribution in [0.25, 0.3) is 0 Å². The Morgan fingerprint density at radius 3 is 2.68 bits per heavy atom. The van der Waals surface area contributed by atoms with Crippen LogP contribution in [0.4, 0.5) is 0 Å². The van der Waals surface area contributed by atoms with Crippen LogP contribution in [0.1, 0.15) is 5.56 Å². The maximum atomic E-state index is 12.4. The molecule has 2 aliphatic rings. The Hall–Kier alpha value is -2.08. The average molecular weight is 322 g/mol. The van der Waals surface area contributed by atoms with Crippen molar-refractivity contribution >= 4 is 29.3 Å². The number of benzene rings is 1. The van der Waals surface area contributed by atoms with Gasteiger partial charge in [-0.3, -0.25) is 14.4 Å². The van der Waals surface area contributed by atoms with Gasteiger partial charge in [-0.2, -0.15) is 0 Å². The topological polar surface area (TPSA) is 69.7 Å². The summed E-state index contributed by atoms with van der Waals surface area (Å²) in [7, 11) is 0. The van der Waals surface area contributed by atoms with Crippen molar-refractivity contribution in [2.75, 3.05) is 26.2 Å². The second kappa shape index (κ2) is 5.96. The first-order valence-electron chi connectivity index (χ1n) is 7.14. The molecule has 0 radical (unpaired) electrons. The van der Waals surface area contributed by atoms with E-state index in [2.05, 4.69) is 5.32 Å². The number of piperazine rings is 2. The predicted octanol–water partition coefficient (Wildman–Crippen LogP) is 0.0517. The second-order valence-electron chi connectivity index (χ2n) is 5.46. The average Bonchev–Trinajstić information content (AvgIpc) is 2.53. The number of nitrogens with one attached hydrogen (secondary N) is 1. The molecule has 2 aliphatic heterocycles. The van der Waals surface area contributed by atoms with E-state index in [9.17, 15) is 14.4 Å². The number of carbonyl (C=O) groups is 3. The fraction of sp³-hybridized carbons (Fsp3) is 0.400. The minimum Gasteiger partial charge on any atom is -0.345 e. The van der Waals surface area contributed by atoms with E-state index in [4.69, 9.17) is 11.6 Å². The molecule has 1 aromatic rings. The van der Waals surface area contributed by atoms with Gasteiger partial charge < -0.3 is 15.1 Å². The lowest BCUT2D eigenvalue weighted by atomic mass is 10.1. The molecule has 3 amide bonds. The molecule has 7 heteroatoms. The summed E-state index contributed by atoms with van der Waals surface area (Å²) in [6.45, 7) is 1.17. The molecule has 0 aromatic heterocycles. The summed E-state index contributed by atoms with van der Waals surface area (Å²) in [4.78, 5) is 39.2. The first-order valence-corrected chi connectivity index (χ1v) is 7.52. The third kappa shape index (κ3) is 2.92. The molecule has 1 atom stereocenters. The van der Waals surface area contributed by atoms with Crippen LogP contribution >= 0.6 is 11.6 Å². The second-order valence-corrected chi connectivity index (χ2v) is 5.90. The van der Waals surface area contributed by atoms with Crippen molar-refractivity contribution in [3.8, 4) is 0 Å². The van der Waals surface area contributed by atoms with E-state index in [0.717, 1.165) is 5.56 Å². The van der Waals surface area contributed by atoms with Crippen molar-refractivity contribution in [3.05, 3.63) is 34.9 Å². The first-order chi connectivity index (χ1) is 10.5. The van der Waals surface area contributed by atoms with E-state index < -0.39 is 6.04 Å². The Balaban J connectivity index is 1.65. The van der Waals surface area contributed by atoms with Gasteiger partial charge in [0.25, 0.3) is 0 Å². The molecule has 22 heavy (non-hydrogen) atoms. The Bertz CT molecular complexity index is 617. The van der Waals surface area contributed by atoms with Crippen LogP contribution in [0.3, 0.4) is 0 Å². The molecule has 0 saturated carbocycles. The number of fused-ring (bicyclic) bond motifs is 1. The molecule has 1 N–H and O–H groups in total. The Labute approximate surface area is 133 Å². The molecular formula is C15H16ClN3O3. The molecule has 2 heterocycles. The third-order valence-corrected chi connectivity index (χ3v) is 4.29. The van der Waals surface area contributed by atoms with Crippen molar-refractivity contribution in [2.24, 2.45) is 0 Å². The highest BCUT2D eigenvalue weighted by atomic mass is 35.5. The molecule has 2 saturated heterocycles. The van der Waals surface area contributed by atoms with Crippen molar-refractivity contribution < 1.29 is 14.4 Å². The lowest BCUT2D eigenvalue weighted by Crippen LogP contribution is -2.66. The normalized spacial score (nSPS) is 21.4. The van der Waals surface area contributed by atoms with Crippen LogP contribution in [0.2, 0.25) is 5.02 Å². The summed E-state index contributed by atoms with van der Waals surface area (Å²) in [5, 5.41) is 3.19. The fourth-order valence-electron chi connectivity index (χ4n) is 2.80. The number of halogens is 1. The van der Waals surface area contributed by atoms with Gasteiger partial charge in [0.15, 0.2) is 0 Å². The van der Waals surface area contributed by atoms with E-state index in [1.807, 2.05) is 12.1 Å². The Morgan fingerprint density at radius 2 is 1.95 bits per heavy atom. The van der Waals surface area contributed by atoms with E-state index in [1.165, 1.54) is 0 Å². The molecule has 1 aromatic carbocycles. The summed E-state index contributed by atoms with van der Waals surface area (Å²) in [5.41, 5.74) is 0.876. The predicted molar refractivity (Wildman–Crippen MR) is 80.2 cm³/mol. The summed E-state index contributed by atoms with van der Waals surface area (Å²) < 4.78 is 0. The highest BCUT2D eigenvalue weighted by molar-refractivity contribution is 6.30. The largest absolute Gasteiger partial charge is 0.345 e. The van der Waals surface area contributed by atoms with E-state index >= 15 is 0 Å². The van der Waals surface area contributed by atoms with Crippen LogP contribution in [-0.2, 0) is 20.8 Å². The SMILES string of the molecule is O=C1NCC(=O)N2CCN(C(=O)Cc3ccc(Cl)cc3)C[C@H]12. The minimum absolute atomic E-state index is 0.0483. The standard InChI is InChI=1S/C15H16ClN3O3/c16-11-3-1-10(2-4-11)7-13(20)18-5-6-19-12(9-18)15(22)17-8-14(19)21/h1-4,12H,5-9H2,(H,17,22)/t12-/m1/s1. The zero-order valence-electron chi connectivity index (χ0n) is 11.9. The minimum atomic E-state index is -0.566. The van der Waals surface area contributed by atoms with E-state index in [0.29, 0.717) is 18.1 Å². The lowest BCUT2D eigenvalue weighted by molar-refractivity contribution is -0.152. The number of hydrogen-bond donors (Lipinski definition) is 1. The summed E-state index contributed by atoms with van der Waals surface area (Å²) in [6.07, 6.45) is 0.263. The molecule has 2 fully saturated rings. The fourth-order valence-corrected chi connectivity index (χ4v) is 2.93. The third-order valence-electron chi connectivity index (χ3n) is 4.04. The Morgan fingerprint density at radius 1 is 1.23 bits per heavy atom. The van der Waals surface area contributed by atoms with Crippen LogP contribution in [-0.4, -0.2) is 59.7 Å². The first kappa shape index (κ1) is 14.8. The molecule has 0 spiro atoms. The van der Waals surface area contributed by atoms with Crippen LogP contribution in [0.15, 0.2) is 24.3 Å². The highest BCUT2D eigenvalue weighted by Gasteiger charge is 2.39. The van der Waals surface area contributed by atoms with Crippen molar-refractivity contribution in [1.82, 2.24) is 15.1 Å². The molecular weight excluding hydrogens is 306 g/mol. The van der Waals surface area contributed by atoms with Crippen molar-refractivity contribution in [1.29, 1.82) is 0 Å². The van der Waals surface area contributed by atoms with Gasteiger partial charge in [0.1, 0.15) is 6.04 Å². The van der Waals surface area contributed by atoms with Gasteiger partial charge in [-0.05, 0) is 17.7 Å². The van der Waals surface area contributed by atoms with Gasteiger partial charge in [-0.15, -0.1) is 0 Å². The zero-order chi connectivity index (χ0) is 15.7. The Kier molecular flexibility index (Phi) is 4.02. The summed E-state index contributed by atoms with van der Waals surface area (Å²) in [5.74, 6) is -0.328. The molecule has 116 valence electrons. The monoisotopic (exact) mass is 321 g/mol. The van der Waals surface area contributed by atoms with Gasteiger partial charge in [-0.1, -0.05) is 23.7 Å². The number of carbonyl (C=O) groups excluding carboxylic acids is 3. The van der Waals surface area contributed by atoms with Crippen LogP contribution in [0.5, 0.6) is 0 Å². The number of nitrogens with zero attached hydrogens (tertiary/aromatic N) is 2. The summed E-state index contributed by atoms with van der Waals surface area (Å²) >= 11 is 5.83. The summed E-state index contributed by atoms with van der Waals surface area (Å²) in [6, 6.07) is 6.55. The molecule has 3 rings (SSSR count). The van der Waals surface area contributed by atoms with Gasteiger partial charge in [0.2, 0.25) is 17.7 Å². The van der Waals surface area contributed by atoms with Crippen molar-refractivity contribution in [3.63, 3.8) is 0 Å². The van der Waals surface area contributed by atoms with Crippen LogP contribution < -0.4 is 5.32 Å². The highest BCUT2D eigenvalue weighted by Crippen LogP contribution is 2.16.